The molecule has 1 N–H and O–H groups in total. The molecule has 57 heavy (non-hydrogen) atoms. The average molecular weight is 749 g/mol. The molecule has 0 saturated heterocycles. The van der Waals surface area contributed by atoms with Crippen molar-refractivity contribution in [3.8, 4) is 46.3 Å². The summed E-state index contributed by atoms with van der Waals surface area (Å²) in [5, 5.41) is 11.8. The summed E-state index contributed by atoms with van der Waals surface area (Å²) >= 11 is 0. The lowest BCUT2D eigenvalue weighted by Gasteiger charge is -2.16. The van der Waals surface area contributed by atoms with E-state index >= 15 is 0 Å². The number of hydrogen-bond acceptors (Lipinski definition) is 3. The predicted molar refractivity (Wildman–Crippen MR) is 233 cm³/mol. The maximum absolute atomic E-state index is 14.2. The van der Waals surface area contributed by atoms with Crippen molar-refractivity contribution < 1.29 is 18.5 Å². The van der Waals surface area contributed by atoms with Crippen molar-refractivity contribution in [2.24, 2.45) is 0 Å². The van der Waals surface area contributed by atoms with Gasteiger partial charge in [0.05, 0.1) is 11.1 Å². The standard InChI is InChI=1S/C52H29O4P/c53-57(54)55-51-39(25-27-47-41-19-7-1-13-33(41)29-34-14-2-8-20-42(34)47)31-37-17-5-11-23-45(37)49(51)50-46-24-12-6-18-38(46)32-40(52(50)56-57)26-28-48-43-21-9-3-15-35(43)30-36-16-4-10-22-44(36)48/h1-24,29-32H,(H,53,54). The lowest BCUT2D eigenvalue weighted by molar-refractivity contribution is 0.294. The first-order valence-corrected chi connectivity index (χ1v) is 20.2. The van der Waals surface area contributed by atoms with E-state index in [1.165, 1.54) is 0 Å². The van der Waals surface area contributed by atoms with E-state index in [0.29, 0.717) is 22.3 Å². The second-order valence-corrected chi connectivity index (χ2v) is 15.5. The first-order chi connectivity index (χ1) is 28.0. The van der Waals surface area contributed by atoms with E-state index in [2.05, 4.69) is 84.3 Å². The van der Waals surface area contributed by atoms with Crippen LogP contribution in [-0.2, 0) is 4.57 Å². The summed E-state index contributed by atoms with van der Waals surface area (Å²) in [5.41, 5.74) is 3.91. The molecule has 0 fully saturated rings. The number of hydrogen-bond donors (Lipinski definition) is 1. The van der Waals surface area contributed by atoms with E-state index in [4.69, 9.17) is 9.05 Å². The topological polar surface area (TPSA) is 55.8 Å². The van der Waals surface area contributed by atoms with Crippen LogP contribution in [0.3, 0.4) is 0 Å². The number of fused-ring (bicyclic) bond motifs is 11. The monoisotopic (exact) mass is 748 g/mol. The largest absolute Gasteiger partial charge is 0.585 e. The summed E-state index contributed by atoms with van der Waals surface area (Å²) in [6.45, 7) is 0. The Morgan fingerprint density at radius 1 is 0.368 bits per heavy atom. The van der Waals surface area contributed by atoms with Crippen LogP contribution in [0.2, 0.25) is 0 Å². The molecule has 1 aliphatic rings. The summed E-state index contributed by atoms with van der Waals surface area (Å²) < 4.78 is 26.5. The summed E-state index contributed by atoms with van der Waals surface area (Å²) in [6.07, 6.45) is 0. The summed E-state index contributed by atoms with van der Waals surface area (Å²) in [5.74, 6) is 14.2. The highest BCUT2D eigenvalue weighted by Gasteiger charge is 2.37. The maximum atomic E-state index is 14.2. The van der Waals surface area contributed by atoms with Crippen molar-refractivity contribution >= 4 is 72.5 Å². The van der Waals surface area contributed by atoms with Crippen LogP contribution in [0, 0.1) is 23.7 Å². The molecule has 0 saturated carbocycles. The van der Waals surface area contributed by atoms with E-state index < -0.39 is 7.82 Å². The van der Waals surface area contributed by atoms with Crippen LogP contribution in [0.25, 0.3) is 75.8 Å². The third-order valence-corrected chi connectivity index (χ3v) is 11.7. The molecule has 1 heterocycles. The van der Waals surface area contributed by atoms with Crippen LogP contribution in [0.1, 0.15) is 22.3 Å². The zero-order valence-corrected chi connectivity index (χ0v) is 31.2. The van der Waals surface area contributed by atoms with Gasteiger partial charge in [-0.25, -0.2) is 4.57 Å². The minimum Gasteiger partial charge on any atom is -0.393 e. The molecule has 0 aromatic heterocycles. The molecule has 0 atom stereocenters. The molecule has 0 amide bonds. The molecule has 0 radical (unpaired) electrons. The van der Waals surface area contributed by atoms with Crippen LogP contribution in [0.4, 0.5) is 0 Å². The molecule has 10 aromatic rings. The van der Waals surface area contributed by atoms with Gasteiger partial charge in [-0.3, -0.25) is 4.89 Å². The van der Waals surface area contributed by atoms with E-state index in [1.54, 1.807) is 0 Å². The minimum atomic E-state index is -4.79. The first kappa shape index (κ1) is 33.0. The van der Waals surface area contributed by atoms with Crippen molar-refractivity contribution in [3.63, 3.8) is 0 Å². The van der Waals surface area contributed by atoms with Crippen molar-refractivity contribution in [2.75, 3.05) is 0 Å². The van der Waals surface area contributed by atoms with Gasteiger partial charge in [0.15, 0.2) is 11.5 Å². The van der Waals surface area contributed by atoms with Gasteiger partial charge in [0, 0.05) is 22.3 Å². The average Bonchev–Trinajstić information content (AvgIpc) is 3.37. The molecule has 5 heteroatoms. The first-order valence-electron chi connectivity index (χ1n) is 18.7. The zero-order valence-electron chi connectivity index (χ0n) is 30.3. The SMILES string of the molecule is O=P1(O)Oc2c(C#Cc3c4ccccc4cc4ccccc34)cc3ccccc3c2-c2c(c(C#Cc3c4ccccc4cc4ccccc34)cc3ccccc23)O1. The molecular weight excluding hydrogens is 720 g/mol. The Bertz CT molecular complexity index is 3200. The maximum Gasteiger partial charge on any atom is 0.585 e. The molecule has 11 rings (SSSR count). The second-order valence-electron chi connectivity index (χ2n) is 14.2. The smallest absolute Gasteiger partial charge is 0.393 e. The predicted octanol–water partition coefficient (Wildman–Crippen LogP) is 12.9. The van der Waals surface area contributed by atoms with Gasteiger partial charge in [-0.05, 0) is 88.9 Å². The van der Waals surface area contributed by atoms with Crippen molar-refractivity contribution in [1.29, 1.82) is 0 Å². The molecular formula is C52H29O4P. The van der Waals surface area contributed by atoms with Crippen LogP contribution in [-0.4, -0.2) is 4.89 Å². The van der Waals surface area contributed by atoms with E-state index in [9.17, 15) is 9.46 Å². The van der Waals surface area contributed by atoms with Crippen molar-refractivity contribution in [3.05, 3.63) is 192 Å². The number of phosphoric ester groups is 1. The van der Waals surface area contributed by atoms with Crippen molar-refractivity contribution in [1.82, 2.24) is 0 Å². The highest BCUT2D eigenvalue weighted by Crippen LogP contribution is 2.59. The van der Waals surface area contributed by atoms with Crippen LogP contribution in [0.15, 0.2) is 170 Å². The second kappa shape index (κ2) is 12.9. The number of phosphoric acid groups is 1. The molecule has 0 bridgehead atoms. The highest BCUT2D eigenvalue weighted by atomic mass is 31.2. The third-order valence-electron chi connectivity index (χ3n) is 10.9. The lowest BCUT2D eigenvalue weighted by Crippen LogP contribution is -2.00. The Morgan fingerprint density at radius 2 is 0.649 bits per heavy atom. The fraction of sp³-hybridized carbons (Fsp3) is 0. The van der Waals surface area contributed by atoms with E-state index in [1.807, 2.05) is 109 Å². The summed E-state index contributed by atoms with van der Waals surface area (Å²) in [4.78, 5) is 11.6. The van der Waals surface area contributed by atoms with Gasteiger partial charge in [0.2, 0.25) is 0 Å². The molecule has 10 aromatic carbocycles. The lowest BCUT2D eigenvalue weighted by atomic mass is 9.88. The van der Waals surface area contributed by atoms with Crippen LogP contribution in [0.5, 0.6) is 11.5 Å². The van der Waals surface area contributed by atoms with Crippen molar-refractivity contribution in [2.45, 2.75) is 0 Å². The van der Waals surface area contributed by atoms with Gasteiger partial charge >= 0.3 is 7.82 Å². The van der Waals surface area contributed by atoms with Gasteiger partial charge in [-0.15, -0.1) is 0 Å². The summed E-state index contributed by atoms with van der Waals surface area (Å²) in [6, 6.07) is 56.9. The molecule has 0 unspecified atom stereocenters. The Hall–Kier alpha value is -7.33. The Morgan fingerprint density at radius 3 is 0.982 bits per heavy atom. The summed E-state index contributed by atoms with van der Waals surface area (Å²) in [7, 11) is -4.79. The quantitative estimate of drug-likeness (QED) is 0.0953. The van der Waals surface area contributed by atoms with Gasteiger partial charge in [0.1, 0.15) is 0 Å². The van der Waals surface area contributed by atoms with Crippen LogP contribution < -0.4 is 9.05 Å². The third kappa shape index (κ3) is 5.51. The van der Waals surface area contributed by atoms with Gasteiger partial charge < -0.3 is 9.05 Å². The van der Waals surface area contributed by atoms with E-state index in [0.717, 1.165) is 75.8 Å². The highest BCUT2D eigenvalue weighted by molar-refractivity contribution is 7.48. The Kier molecular flexibility index (Phi) is 7.47. The number of benzene rings is 10. The molecule has 4 nitrogen and oxygen atoms in total. The number of rotatable bonds is 0. The zero-order chi connectivity index (χ0) is 38.1. The van der Waals surface area contributed by atoms with Crippen LogP contribution >= 0.6 is 7.82 Å². The fourth-order valence-corrected chi connectivity index (χ4v) is 9.21. The molecule has 0 aliphatic carbocycles. The Labute approximate surface area is 328 Å². The Balaban J connectivity index is 1.21. The normalized spacial score (nSPS) is 12.9. The van der Waals surface area contributed by atoms with Gasteiger partial charge in [-0.1, -0.05) is 169 Å². The fourth-order valence-electron chi connectivity index (χ4n) is 8.33. The minimum absolute atomic E-state index is 0.186. The molecule has 266 valence electrons. The molecule has 1 aliphatic heterocycles. The van der Waals surface area contributed by atoms with E-state index in [-0.39, 0.29) is 11.5 Å². The van der Waals surface area contributed by atoms with Gasteiger partial charge in [-0.2, -0.15) is 0 Å². The van der Waals surface area contributed by atoms with Gasteiger partial charge in [0.25, 0.3) is 0 Å². The molecule has 0 spiro atoms.